The number of ether oxygens (including phenoxy) is 3. The van der Waals surface area contributed by atoms with Crippen LogP contribution in [-0.4, -0.2) is 79.4 Å². The number of hydrogen-bond acceptors (Lipinski definition) is 12. The number of carbonyl (C=O) groups is 1. The van der Waals surface area contributed by atoms with Crippen molar-refractivity contribution in [1.29, 1.82) is 0 Å². The molecule has 2 aromatic heterocycles. The Balaban J connectivity index is 1.74. The number of methoxy groups -OCH3 is 1. The Morgan fingerprint density at radius 1 is 1.44 bits per heavy atom. The Kier molecular flexibility index (Phi) is 7.73. The quantitative estimate of drug-likeness (QED) is 0.266. The van der Waals surface area contributed by atoms with Crippen molar-refractivity contribution in [2.24, 2.45) is 0 Å². The van der Waals surface area contributed by atoms with Crippen molar-refractivity contribution in [3.05, 3.63) is 6.33 Å². The van der Waals surface area contributed by atoms with Crippen LogP contribution in [0, 0.1) is 0 Å². The largest absolute Gasteiger partial charge is 0.479 e. The van der Waals surface area contributed by atoms with E-state index in [1.54, 1.807) is 13.8 Å². The number of rotatable bonds is 9. The Bertz CT molecular complexity index is 1100. The van der Waals surface area contributed by atoms with E-state index in [1.165, 1.54) is 31.9 Å². The van der Waals surface area contributed by atoms with Crippen LogP contribution >= 0.6 is 18.1 Å². The number of halogens is 1. The molecule has 5 N–H and O–H groups in total. The number of aliphatic hydroxyl groups excluding tert-OH is 1. The van der Waals surface area contributed by atoms with Crippen LogP contribution < -0.4 is 15.6 Å². The molecule has 3 heterocycles. The molecule has 0 saturated carbocycles. The fraction of sp³-hybridized carbons (Fsp3) is 0.667. The zero-order valence-electron chi connectivity index (χ0n) is 19.2. The number of esters is 1. The number of anilines is 1. The molecule has 0 spiro atoms. The zero-order chi connectivity index (χ0) is 25.4. The van der Waals surface area contributed by atoms with Crippen LogP contribution in [0.15, 0.2) is 6.33 Å². The van der Waals surface area contributed by atoms with Gasteiger partial charge >= 0.3 is 12.8 Å². The fourth-order valence-electron chi connectivity index (χ4n) is 3.42. The van der Waals surface area contributed by atoms with Gasteiger partial charge in [-0.25, -0.2) is 10.1 Å². The lowest BCUT2D eigenvalue weighted by molar-refractivity contribution is -0.149. The summed E-state index contributed by atoms with van der Waals surface area (Å²) in [5.74, 6) is -0.634. The molecule has 1 fully saturated rings. The number of fused-ring (bicyclic) bond motifs is 1. The first-order valence-corrected chi connectivity index (χ1v) is 12.8. The molecule has 34 heavy (non-hydrogen) atoms. The second-order valence-corrected chi connectivity index (χ2v) is 11.0. The third kappa shape index (κ3) is 5.43. The summed E-state index contributed by atoms with van der Waals surface area (Å²) in [6.07, 6.45) is -2.84. The summed E-state index contributed by atoms with van der Waals surface area (Å²) in [5, 5.41) is 24.0. The van der Waals surface area contributed by atoms with Crippen LogP contribution in [0.2, 0.25) is 0 Å². The minimum atomic E-state index is -4.03. The number of nitrogens with zero attached hydrogens (tertiary/aromatic N) is 4. The summed E-state index contributed by atoms with van der Waals surface area (Å²) in [4.78, 5) is 24.2. The topological polar surface area (TPSA) is 193 Å². The van der Waals surface area contributed by atoms with Crippen LogP contribution in [0.25, 0.3) is 11.2 Å². The van der Waals surface area contributed by atoms with Gasteiger partial charge in [0.05, 0.1) is 26.1 Å². The second kappa shape index (κ2) is 9.90. The van der Waals surface area contributed by atoms with Gasteiger partial charge in [-0.15, -0.1) is 0 Å². The van der Waals surface area contributed by atoms with E-state index in [2.05, 4.69) is 20.0 Å². The summed E-state index contributed by atoms with van der Waals surface area (Å²) < 4.78 is 35.2. The van der Waals surface area contributed by atoms with E-state index >= 15 is 0 Å². The van der Waals surface area contributed by atoms with Crippen LogP contribution in [0.4, 0.5) is 5.95 Å². The zero-order valence-corrected chi connectivity index (χ0v) is 20.9. The third-order valence-electron chi connectivity index (χ3n) is 5.07. The first kappa shape index (κ1) is 26.5. The van der Waals surface area contributed by atoms with E-state index in [0.29, 0.717) is 0 Å². The Morgan fingerprint density at radius 2 is 2.12 bits per heavy atom. The molecule has 1 aliphatic heterocycles. The first-order chi connectivity index (χ1) is 15.8. The van der Waals surface area contributed by atoms with Crippen LogP contribution in [0.3, 0.4) is 0 Å². The van der Waals surface area contributed by atoms with Gasteiger partial charge in [0.2, 0.25) is 11.8 Å². The van der Waals surface area contributed by atoms with E-state index in [0.717, 1.165) is 0 Å². The highest BCUT2D eigenvalue weighted by molar-refractivity contribution is 7.83. The molecule has 0 aliphatic carbocycles. The summed E-state index contributed by atoms with van der Waals surface area (Å²) in [6, 6.07) is -1.02. The summed E-state index contributed by atoms with van der Waals surface area (Å²) >= 11 is 5.93. The SMILES string of the molecule is COc1nc(N)nc2c1ncn2[C@@H]1O[C@H](COP(=O)(Cl)N[C@@H](C)C(=O)OC(C)C)[C@@H](O)[C@@]1(C)O. The first-order valence-electron chi connectivity index (χ1n) is 10.3. The molecule has 16 heteroatoms. The number of nitrogen functional groups attached to an aromatic ring is 1. The van der Waals surface area contributed by atoms with Crippen molar-refractivity contribution in [1.82, 2.24) is 24.6 Å². The Labute approximate surface area is 200 Å². The highest BCUT2D eigenvalue weighted by Gasteiger charge is 2.54. The van der Waals surface area contributed by atoms with Gasteiger partial charge in [-0.2, -0.15) is 9.97 Å². The van der Waals surface area contributed by atoms with Crippen molar-refractivity contribution in [2.75, 3.05) is 19.5 Å². The van der Waals surface area contributed by atoms with Crippen molar-refractivity contribution in [3.8, 4) is 5.88 Å². The lowest BCUT2D eigenvalue weighted by Crippen LogP contribution is -2.44. The van der Waals surface area contributed by atoms with E-state index in [4.69, 9.17) is 35.7 Å². The maximum atomic E-state index is 12.6. The molecule has 1 saturated heterocycles. The molecule has 14 nitrogen and oxygen atoms in total. The standard InChI is InChI=1S/C18H28ClN6O8P/c1-8(2)32-15(27)9(3)24-34(19,29)31-6-10-12(26)18(4,28)16(33-10)25-7-21-11-13(25)22-17(20)23-14(11)30-5/h7-10,12,16,26,28H,6H2,1-5H3,(H,24,29)(H2,20,22,23)/t9-,10+,12+,16+,18+,34?/m0/s1. The minimum absolute atomic E-state index is 0.0940. The monoisotopic (exact) mass is 522 g/mol. The number of carbonyl (C=O) groups excluding carboxylic acids is 1. The van der Waals surface area contributed by atoms with Gasteiger partial charge in [-0.1, -0.05) is 0 Å². The fourth-order valence-corrected chi connectivity index (χ4v) is 5.01. The number of aromatic nitrogens is 4. The van der Waals surface area contributed by atoms with Gasteiger partial charge in [-0.05, 0) is 38.9 Å². The molecule has 190 valence electrons. The normalized spacial score (nSPS) is 27.6. The van der Waals surface area contributed by atoms with E-state index in [-0.39, 0.29) is 29.1 Å². The number of nitrogens with two attached hydrogens (primary N) is 1. The molecule has 0 amide bonds. The molecule has 1 aliphatic rings. The van der Waals surface area contributed by atoms with Gasteiger partial charge < -0.3 is 34.7 Å². The molecule has 2 aromatic rings. The lowest BCUT2D eigenvalue weighted by atomic mass is 9.96. The van der Waals surface area contributed by atoms with Crippen LogP contribution in [-0.2, 0) is 23.4 Å². The summed E-state index contributed by atoms with van der Waals surface area (Å²) in [6.45, 7) is 1.60. The third-order valence-corrected chi connectivity index (χ3v) is 6.83. The number of imidazole rings is 1. The molecule has 6 atom stereocenters. The Hall–Kier alpha value is -2.06. The van der Waals surface area contributed by atoms with Gasteiger partial charge in [0.15, 0.2) is 17.4 Å². The van der Waals surface area contributed by atoms with Gasteiger partial charge in [0, 0.05) is 0 Å². The van der Waals surface area contributed by atoms with Gasteiger partial charge in [0.1, 0.15) is 23.9 Å². The van der Waals surface area contributed by atoms with Crippen molar-refractivity contribution < 1.29 is 38.3 Å². The average molecular weight is 523 g/mol. The van der Waals surface area contributed by atoms with Crippen LogP contribution in [0.1, 0.15) is 33.9 Å². The molecule has 3 rings (SSSR count). The van der Waals surface area contributed by atoms with Crippen molar-refractivity contribution in [3.63, 3.8) is 0 Å². The smallest absolute Gasteiger partial charge is 0.361 e. The molecule has 0 aromatic carbocycles. The predicted molar refractivity (Wildman–Crippen MR) is 120 cm³/mol. The second-order valence-electron chi connectivity index (χ2n) is 8.22. The van der Waals surface area contributed by atoms with Crippen molar-refractivity contribution in [2.45, 2.75) is 63.9 Å². The summed E-state index contributed by atoms with van der Waals surface area (Å²) in [7, 11) is 1.39. The van der Waals surface area contributed by atoms with Crippen LogP contribution in [0.5, 0.6) is 5.88 Å². The van der Waals surface area contributed by atoms with Gasteiger partial charge in [0.25, 0.3) is 0 Å². The van der Waals surface area contributed by atoms with E-state index in [9.17, 15) is 19.6 Å². The number of nitrogens with one attached hydrogen (secondary N) is 1. The molecule has 1 unspecified atom stereocenters. The minimum Gasteiger partial charge on any atom is -0.479 e. The number of aliphatic hydroxyl groups is 2. The molecule has 0 bridgehead atoms. The summed E-state index contributed by atoms with van der Waals surface area (Å²) in [5.41, 5.74) is 4.36. The highest BCUT2D eigenvalue weighted by Crippen LogP contribution is 2.50. The average Bonchev–Trinajstić information content (AvgIpc) is 3.23. The maximum Gasteiger partial charge on any atom is 0.361 e. The van der Waals surface area contributed by atoms with Crippen molar-refractivity contribution >= 4 is 41.2 Å². The maximum absolute atomic E-state index is 12.6. The predicted octanol–water partition coefficient (Wildman–Crippen LogP) is 0.720. The molecular formula is C18H28ClN6O8P. The lowest BCUT2D eigenvalue weighted by Gasteiger charge is -2.27. The number of hydrogen-bond donors (Lipinski definition) is 4. The highest BCUT2D eigenvalue weighted by atomic mass is 35.7. The Morgan fingerprint density at radius 3 is 2.74 bits per heavy atom. The molecule has 0 radical (unpaired) electrons. The van der Waals surface area contributed by atoms with E-state index < -0.39 is 49.5 Å². The molecular weight excluding hydrogens is 495 g/mol. The van der Waals surface area contributed by atoms with E-state index in [1.807, 2.05) is 0 Å². The van der Waals surface area contributed by atoms with Gasteiger partial charge in [-0.3, -0.25) is 13.9 Å².